The molecule has 1 aromatic rings. The number of aromatic carboxylic acids is 1. The fourth-order valence-corrected chi connectivity index (χ4v) is 2.72. The van der Waals surface area contributed by atoms with Crippen LogP contribution in [0.2, 0.25) is 0 Å². The first kappa shape index (κ1) is 29.3. The second-order valence-electron chi connectivity index (χ2n) is 7.85. The Labute approximate surface area is 203 Å². The zero-order valence-corrected chi connectivity index (χ0v) is 20.1. The first-order valence-corrected chi connectivity index (χ1v) is 10.8. The van der Waals surface area contributed by atoms with Crippen molar-refractivity contribution in [3.8, 4) is 0 Å². The number of ether oxygens (including phenoxy) is 4. The number of carbonyl (C=O) groups is 5. The van der Waals surface area contributed by atoms with Gasteiger partial charge in [0.15, 0.2) is 0 Å². The van der Waals surface area contributed by atoms with Gasteiger partial charge in [0.2, 0.25) is 0 Å². The number of nitrogens with zero attached hydrogens (tertiary/aromatic N) is 1. The van der Waals surface area contributed by atoms with Gasteiger partial charge in [-0.1, -0.05) is 25.6 Å². The Morgan fingerprint density at radius 2 is 1.60 bits per heavy atom. The summed E-state index contributed by atoms with van der Waals surface area (Å²) in [7, 11) is 1.61. The lowest BCUT2D eigenvalue weighted by Gasteiger charge is -2.30. The minimum atomic E-state index is -1.25. The van der Waals surface area contributed by atoms with Gasteiger partial charge in [0.25, 0.3) is 0 Å². The Morgan fingerprint density at radius 3 is 2.17 bits per heavy atom. The summed E-state index contributed by atoms with van der Waals surface area (Å²) in [5.41, 5.74) is -1.16. The maximum Gasteiger partial charge on any atom is 0.340 e. The van der Waals surface area contributed by atoms with Crippen molar-refractivity contribution in [2.24, 2.45) is 5.41 Å². The van der Waals surface area contributed by atoms with Crippen molar-refractivity contribution in [2.45, 2.75) is 26.7 Å². The molecule has 1 aromatic carbocycles. The van der Waals surface area contributed by atoms with Crippen molar-refractivity contribution in [1.29, 1.82) is 0 Å². The number of carboxylic acids is 1. The molecule has 0 radical (unpaired) electrons. The van der Waals surface area contributed by atoms with Gasteiger partial charge in [0.05, 0.1) is 23.0 Å². The number of carbonyl (C=O) groups excluding carboxylic acids is 4. The Kier molecular flexibility index (Phi) is 12.2. The van der Waals surface area contributed by atoms with Crippen LogP contribution in [0.15, 0.2) is 36.9 Å². The largest absolute Gasteiger partial charge is 0.478 e. The average Bonchev–Trinajstić information content (AvgIpc) is 2.85. The number of carboxylic acid groups (broad SMARTS) is 1. The molecule has 0 bridgehead atoms. The van der Waals surface area contributed by atoms with Crippen LogP contribution in [0.3, 0.4) is 0 Å². The highest BCUT2D eigenvalue weighted by Crippen LogP contribution is 2.24. The summed E-state index contributed by atoms with van der Waals surface area (Å²) in [6, 6.07) is 5.68. The lowest BCUT2D eigenvalue weighted by atomic mass is 9.88. The Balaban J connectivity index is 2.57. The zero-order valence-electron chi connectivity index (χ0n) is 20.1. The van der Waals surface area contributed by atoms with Crippen molar-refractivity contribution < 1.29 is 48.0 Å². The molecular formula is C24H31NO10. The molecule has 0 saturated carbocycles. The first-order valence-electron chi connectivity index (χ1n) is 10.8. The van der Waals surface area contributed by atoms with Gasteiger partial charge >= 0.3 is 29.8 Å². The van der Waals surface area contributed by atoms with Crippen molar-refractivity contribution in [3.63, 3.8) is 0 Å². The van der Waals surface area contributed by atoms with E-state index < -0.39 is 35.3 Å². The van der Waals surface area contributed by atoms with Crippen LogP contribution in [-0.2, 0) is 33.3 Å². The second kappa shape index (κ2) is 14.5. The SMILES string of the molecule is C=CC(=O)OCC(CC)(COC(C)=O)COC(=O)CCN(C)COC(=O)c1ccccc1C(=O)O. The molecule has 0 aliphatic carbocycles. The Hall–Kier alpha value is -3.73. The van der Waals surface area contributed by atoms with E-state index >= 15 is 0 Å². The average molecular weight is 494 g/mol. The molecule has 0 saturated heterocycles. The summed E-state index contributed by atoms with van der Waals surface area (Å²) in [5.74, 6) is -3.78. The molecule has 0 aliphatic rings. The third kappa shape index (κ3) is 10.4. The molecule has 0 aromatic heterocycles. The van der Waals surface area contributed by atoms with Gasteiger partial charge < -0.3 is 24.1 Å². The van der Waals surface area contributed by atoms with Crippen LogP contribution in [0.5, 0.6) is 0 Å². The number of rotatable bonds is 15. The molecule has 11 heteroatoms. The molecule has 0 heterocycles. The maximum absolute atomic E-state index is 12.3. The topological polar surface area (TPSA) is 146 Å². The smallest absolute Gasteiger partial charge is 0.340 e. The van der Waals surface area contributed by atoms with Crippen molar-refractivity contribution >= 4 is 29.8 Å². The van der Waals surface area contributed by atoms with Gasteiger partial charge in [-0.05, 0) is 25.6 Å². The molecule has 1 unspecified atom stereocenters. The van der Waals surface area contributed by atoms with Crippen molar-refractivity contribution in [3.05, 3.63) is 48.0 Å². The van der Waals surface area contributed by atoms with E-state index in [4.69, 9.17) is 18.9 Å². The Morgan fingerprint density at radius 1 is 1.00 bits per heavy atom. The lowest BCUT2D eigenvalue weighted by molar-refractivity contribution is -0.159. The van der Waals surface area contributed by atoms with Crippen LogP contribution >= 0.6 is 0 Å². The van der Waals surface area contributed by atoms with Gasteiger partial charge in [-0.2, -0.15) is 0 Å². The van der Waals surface area contributed by atoms with Gasteiger partial charge in [-0.15, -0.1) is 0 Å². The fourth-order valence-electron chi connectivity index (χ4n) is 2.72. The number of hydrogen-bond acceptors (Lipinski definition) is 10. The standard InChI is InChI=1S/C24H31NO10/c1-5-20(27)33-14-24(6-2,13-32-17(3)26)15-34-21(28)11-12-25(4)16-35-23(31)19-10-8-7-9-18(19)22(29)30/h5,7-10H,1,6,11-16H2,2-4H3,(H,29,30). The Bertz CT molecular complexity index is 929. The van der Waals surface area contributed by atoms with E-state index in [2.05, 4.69) is 6.58 Å². The van der Waals surface area contributed by atoms with Gasteiger partial charge in [0, 0.05) is 19.5 Å². The third-order valence-electron chi connectivity index (χ3n) is 5.05. The highest BCUT2D eigenvalue weighted by Gasteiger charge is 2.33. The molecule has 0 spiro atoms. The van der Waals surface area contributed by atoms with Crippen LogP contribution < -0.4 is 0 Å². The quantitative estimate of drug-likeness (QED) is 0.166. The summed E-state index contributed by atoms with van der Waals surface area (Å²) >= 11 is 0. The fraction of sp³-hybridized carbons (Fsp3) is 0.458. The molecule has 35 heavy (non-hydrogen) atoms. The molecule has 1 N–H and O–H groups in total. The summed E-state index contributed by atoms with van der Waals surface area (Å²) in [6.45, 7) is 5.96. The summed E-state index contributed by atoms with van der Waals surface area (Å²) in [5, 5.41) is 9.17. The van der Waals surface area contributed by atoms with Gasteiger partial charge in [-0.3, -0.25) is 14.5 Å². The molecule has 192 valence electrons. The highest BCUT2D eigenvalue weighted by molar-refractivity contribution is 6.02. The van der Waals surface area contributed by atoms with E-state index in [9.17, 15) is 29.1 Å². The number of esters is 4. The van der Waals surface area contributed by atoms with E-state index in [0.29, 0.717) is 6.42 Å². The summed E-state index contributed by atoms with van der Waals surface area (Å²) in [6.07, 6.45) is 1.35. The molecule has 1 atom stereocenters. The van der Waals surface area contributed by atoms with Crippen LogP contribution in [0.4, 0.5) is 0 Å². The van der Waals surface area contributed by atoms with E-state index in [1.54, 1.807) is 18.9 Å². The van der Waals surface area contributed by atoms with Crippen molar-refractivity contribution in [1.82, 2.24) is 4.90 Å². The van der Waals surface area contributed by atoms with Gasteiger partial charge in [0.1, 0.15) is 26.6 Å². The van der Waals surface area contributed by atoms with Crippen LogP contribution in [-0.4, -0.2) is 80.0 Å². The summed E-state index contributed by atoms with van der Waals surface area (Å²) < 4.78 is 20.6. The molecule has 0 aliphatic heterocycles. The molecular weight excluding hydrogens is 462 g/mol. The predicted molar refractivity (Wildman–Crippen MR) is 122 cm³/mol. The monoisotopic (exact) mass is 493 g/mol. The lowest BCUT2D eigenvalue weighted by Crippen LogP contribution is -2.39. The number of benzene rings is 1. The molecule has 11 nitrogen and oxygen atoms in total. The van der Waals surface area contributed by atoms with E-state index in [-0.39, 0.29) is 50.6 Å². The molecule has 0 amide bonds. The number of hydrogen-bond donors (Lipinski definition) is 1. The van der Waals surface area contributed by atoms with Crippen LogP contribution in [0, 0.1) is 5.41 Å². The second-order valence-corrected chi connectivity index (χ2v) is 7.85. The van der Waals surface area contributed by atoms with Crippen LogP contribution in [0.25, 0.3) is 0 Å². The first-order chi connectivity index (χ1) is 16.5. The van der Waals surface area contributed by atoms with E-state index in [1.807, 2.05) is 0 Å². The predicted octanol–water partition coefficient (Wildman–Crippen LogP) is 2.05. The van der Waals surface area contributed by atoms with E-state index in [1.165, 1.54) is 31.2 Å². The highest BCUT2D eigenvalue weighted by atomic mass is 16.6. The normalized spacial score (nSPS) is 12.2. The molecule has 0 fully saturated rings. The molecule has 1 rings (SSSR count). The summed E-state index contributed by atoms with van der Waals surface area (Å²) in [4.78, 5) is 60.0. The van der Waals surface area contributed by atoms with Crippen LogP contribution in [0.1, 0.15) is 47.4 Å². The minimum absolute atomic E-state index is 0.0421. The minimum Gasteiger partial charge on any atom is -0.478 e. The van der Waals surface area contributed by atoms with E-state index in [0.717, 1.165) is 6.08 Å². The van der Waals surface area contributed by atoms with Crippen molar-refractivity contribution in [2.75, 3.05) is 40.1 Å². The van der Waals surface area contributed by atoms with Gasteiger partial charge in [-0.25, -0.2) is 14.4 Å². The zero-order chi connectivity index (χ0) is 26.4. The third-order valence-corrected chi connectivity index (χ3v) is 5.05. The maximum atomic E-state index is 12.3.